The molecule has 0 amide bonds. The Morgan fingerprint density at radius 3 is 2.12 bits per heavy atom. The molecule has 132 valence electrons. The predicted molar refractivity (Wildman–Crippen MR) is 85.7 cm³/mol. The average Bonchev–Trinajstić information content (AvgIpc) is 2.98. The maximum atomic E-state index is 13.0. The standard InChI is InChI=1S/C16H14F3N3O2S/c1-10(2)25(23,24)13-6-3-11(4-7-13)12-5-8-14-20-21-15(16(17,18)19)22(14)9-12/h3-10H,1-2H3. The molecule has 0 aliphatic heterocycles. The van der Waals surface area contributed by atoms with Crippen LogP contribution < -0.4 is 0 Å². The summed E-state index contributed by atoms with van der Waals surface area (Å²) in [5, 5.41) is 6.12. The summed E-state index contributed by atoms with van der Waals surface area (Å²) in [6.45, 7) is 3.17. The lowest BCUT2D eigenvalue weighted by Crippen LogP contribution is -2.13. The summed E-state index contributed by atoms with van der Waals surface area (Å²) in [5.41, 5.74) is 1.16. The summed E-state index contributed by atoms with van der Waals surface area (Å²) in [6.07, 6.45) is -3.34. The van der Waals surface area contributed by atoms with Gasteiger partial charge >= 0.3 is 6.18 Å². The summed E-state index contributed by atoms with van der Waals surface area (Å²) in [7, 11) is -3.40. The van der Waals surface area contributed by atoms with Crippen LogP contribution in [0.2, 0.25) is 0 Å². The summed E-state index contributed by atoms with van der Waals surface area (Å²) >= 11 is 0. The van der Waals surface area contributed by atoms with E-state index in [2.05, 4.69) is 10.2 Å². The number of aromatic nitrogens is 3. The quantitative estimate of drug-likeness (QED) is 0.708. The Bertz CT molecular complexity index is 1020. The van der Waals surface area contributed by atoms with Crippen LogP contribution in [0.3, 0.4) is 0 Å². The van der Waals surface area contributed by atoms with Gasteiger partial charge in [0.15, 0.2) is 15.5 Å². The van der Waals surface area contributed by atoms with Crippen molar-refractivity contribution >= 4 is 15.5 Å². The van der Waals surface area contributed by atoms with E-state index >= 15 is 0 Å². The molecule has 5 nitrogen and oxygen atoms in total. The van der Waals surface area contributed by atoms with Gasteiger partial charge in [-0.3, -0.25) is 4.40 Å². The lowest BCUT2D eigenvalue weighted by molar-refractivity contribution is -0.145. The highest BCUT2D eigenvalue weighted by Gasteiger charge is 2.36. The highest BCUT2D eigenvalue weighted by atomic mass is 32.2. The molecule has 0 saturated carbocycles. The van der Waals surface area contributed by atoms with Crippen molar-refractivity contribution in [2.24, 2.45) is 0 Å². The Kier molecular flexibility index (Phi) is 4.06. The van der Waals surface area contributed by atoms with Crippen LogP contribution in [-0.2, 0) is 16.0 Å². The van der Waals surface area contributed by atoms with Crippen LogP contribution >= 0.6 is 0 Å². The van der Waals surface area contributed by atoms with Crippen molar-refractivity contribution in [3.63, 3.8) is 0 Å². The molecule has 0 radical (unpaired) electrons. The molecule has 9 heteroatoms. The van der Waals surface area contributed by atoms with E-state index in [0.717, 1.165) is 4.40 Å². The zero-order valence-corrected chi connectivity index (χ0v) is 14.1. The number of sulfone groups is 1. The average molecular weight is 369 g/mol. The second-order valence-electron chi connectivity index (χ2n) is 5.79. The third kappa shape index (κ3) is 3.11. The molecule has 0 fully saturated rings. The van der Waals surface area contributed by atoms with Crippen molar-refractivity contribution in [3.05, 3.63) is 48.4 Å². The first kappa shape index (κ1) is 17.4. The van der Waals surface area contributed by atoms with Gasteiger partial charge < -0.3 is 0 Å². The van der Waals surface area contributed by atoms with Gasteiger partial charge in [0.1, 0.15) is 0 Å². The van der Waals surface area contributed by atoms with Crippen molar-refractivity contribution in [2.45, 2.75) is 30.2 Å². The smallest absolute Gasteiger partial charge is 0.278 e. The molecule has 0 aliphatic rings. The molecule has 0 atom stereocenters. The Labute approximate surface area is 142 Å². The Balaban J connectivity index is 2.05. The monoisotopic (exact) mass is 369 g/mol. The predicted octanol–water partition coefficient (Wildman–Crippen LogP) is 3.60. The van der Waals surface area contributed by atoms with E-state index in [1.165, 1.54) is 24.4 Å². The van der Waals surface area contributed by atoms with Crippen LogP contribution in [0.15, 0.2) is 47.5 Å². The zero-order valence-electron chi connectivity index (χ0n) is 13.3. The van der Waals surface area contributed by atoms with Gasteiger partial charge in [0.05, 0.1) is 10.1 Å². The molecular formula is C16H14F3N3O2S. The lowest BCUT2D eigenvalue weighted by atomic mass is 10.1. The fourth-order valence-corrected chi connectivity index (χ4v) is 3.42. The fraction of sp³-hybridized carbons (Fsp3) is 0.250. The van der Waals surface area contributed by atoms with Gasteiger partial charge in [-0.2, -0.15) is 13.2 Å². The minimum Gasteiger partial charge on any atom is -0.278 e. The van der Waals surface area contributed by atoms with Crippen LogP contribution in [0.1, 0.15) is 19.7 Å². The van der Waals surface area contributed by atoms with Crippen molar-refractivity contribution in [2.75, 3.05) is 0 Å². The third-order valence-corrected chi connectivity index (χ3v) is 5.96. The first-order valence-corrected chi connectivity index (χ1v) is 8.91. The van der Waals surface area contributed by atoms with Crippen LogP contribution in [0.4, 0.5) is 13.2 Å². The highest BCUT2D eigenvalue weighted by Crippen LogP contribution is 2.29. The van der Waals surface area contributed by atoms with E-state index in [0.29, 0.717) is 11.1 Å². The molecule has 2 heterocycles. The zero-order chi connectivity index (χ0) is 18.4. The summed E-state index contributed by atoms with van der Waals surface area (Å²) in [5.74, 6) is -1.11. The summed E-state index contributed by atoms with van der Waals surface area (Å²) in [6, 6.07) is 9.06. The van der Waals surface area contributed by atoms with E-state index in [1.807, 2.05) is 0 Å². The fourth-order valence-electron chi connectivity index (χ4n) is 2.36. The van der Waals surface area contributed by atoms with E-state index in [9.17, 15) is 21.6 Å². The molecule has 3 aromatic rings. The second-order valence-corrected chi connectivity index (χ2v) is 8.29. The highest BCUT2D eigenvalue weighted by molar-refractivity contribution is 7.92. The number of alkyl halides is 3. The van der Waals surface area contributed by atoms with Gasteiger partial charge in [-0.15, -0.1) is 10.2 Å². The minimum absolute atomic E-state index is 0.0788. The van der Waals surface area contributed by atoms with Gasteiger partial charge in [0, 0.05) is 6.20 Å². The van der Waals surface area contributed by atoms with Crippen molar-refractivity contribution in [3.8, 4) is 11.1 Å². The molecule has 1 aromatic carbocycles. The Morgan fingerprint density at radius 2 is 1.56 bits per heavy atom. The second kappa shape index (κ2) is 5.83. The number of fused-ring (bicyclic) bond motifs is 1. The maximum Gasteiger partial charge on any atom is 0.452 e. The molecule has 0 aliphatic carbocycles. The van der Waals surface area contributed by atoms with Gasteiger partial charge in [-0.05, 0) is 49.2 Å². The minimum atomic E-state index is -4.62. The van der Waals surface area contributed by atoms with Gasteiger partial charge in [-0.1, -0.05) is 12.1 Å². The first-order valence-electron chi connectivity index (χ1n) is 7.37. The molecule has 0 N–H and O–H groups in total. The van der Waals surface area contributed by atoms with Crippen LogP contribution in [0, 0.1) is 0 Å². The van der Waals surface area contributed by atoms with Gasteiger partial charge in [0.2, 0.25) is 5.82 Å². The molecule has 25 heavy (non-hydrogen) atoms. The number of nitrogens with zero attached hydrogens (tertiary/aromatic N) is 3. The molecule has 3 rings (SSSR count). The van der Waals surface area contributed by atoms with Gasteiger partial charge in [0.25, 0.3) is 0 Å². The molecule has 2 aromatic heterocycles. The van der Waals surface area contributed by atoms with Gasteiger partial charge in [-0.25, -0.2) is 8.42 Å². The van der Waals surface area contributed by atoms with Crippen molar-refractivity contribution in [1.29, 1.82) is 0 Å². The number of halogens is 3. The van der Waals surface area contributed by atoms with E-state index < -0.39 is 27.1 Å². The number of benzene rings is 1. The Morgan fingerprint density at radius 1 is 0.960 bits per heavy atom. The number of rotatable bonds is 3. The summed E-state index contributed by atoms with van der Waals surface area (Å²) < 4.78 is 64.0. The molecule has 0 unspecified atom stereocenters. The number of pyridine rings is 1. The van der Waals surface area contributed by atoms with Crippen molar-refractivity contribution < 1.29 is 21.6 Å². The number of hydrogen-bond acceptors (Lipinski definition) is 4. The van der Waals surface area contributed by atoms with Crippen LogP contribution in [-0.4, -0.2) is 28.3 Å². The maximum absolute atomic E-state index is 13.0. The molecule has 0 spiro atoms. The Hall–Kier alpha value is -2.42. The topological polar surface area (TPSA) is 64.3 Å². The largest absolute Gasteiger partial charge is 0.452 e. The van der Waals surface area contributed by atoms with Crippen LogP contribution in [0.25, 0.3) is 16.8 Å². The van der Waals surface area contributed by atoms with Crippen LogP contribution in [0.5, 0.6) is 0 Å². The molecule has 0 bridgehead atoms. The lowest BCUT2D eigenvalue weighted by Gasteiger charge is -2.09. The van der Waals surface area contributed by atoms with Crippen molar-refractivity contribution in [1.82, 2.24) is 14.6 Å². The summed E-state index contributed by atoms with van der Waals surface area (Å²) in [4.78, 5) is 0.174. The number of hydrogen-bond donors (Lipinski definition) is 0. The van der Waals surface area contributed by atoms with E-state index in [1.54, 1.807) is 32.0 Å². The normalized spacial score (nSPS) is 12.9. The van der Waals surface area contributed by atoms with E-state index in [-0.39, 0.29) is 10.5 Å². The third-order valence-electron chi connectivity index (χ3n) is 3.79. The SMILES string of the molecule is CC(C)S(=O)(=O)c1ccc(-c2ccc3nnc(C(F)(F)F)n3c2)cc1. The molecule has 0 saturated heterocycles. The van der Waals surface area contributed by atoms with E-state index in [4.69, 9.17) is 0 Å². The first-order chi connectivity index (χ1) is 11.6. The molecular weight excluding hydrogens is 355 g/mol.